The zero-order chi connectivity index (χ0) is 24.2. The molecule has 0 fully saturated rings. The molecule has 0 radical (unpaired) electrons. The fourth-order valence-corrected chi connectivity index (χ4v) is 3.51. The summed E-state index contributed by atoms with van der Waals surface area (Å²) in [7, 11) is 5.96. The van der Waals surface area contributed by atoms with Gasteiger partial charge >= 0.3 is 5.97 Å². The smallest absolute Gasteiger partial charge is 0.343 e. The number of hydrogen-bond donors (Lipinski definition) is 0. The Morgan fingerprint density at radius 2 is 1.41 bits per heavy atom. The Morgan fingerprint density at radius 3 is 2.00 bits per heavy atom. The molecule has 8 heteroatoms. The maximum atomic E-state index is 13.0. The molecule has 1 heterocycles. The van der Waals surface area contributed by atoms with Gasteiger partial charge in [0.25, 0.3) is 0 Å². The van der Waals surface area contributed by atoms with Crippen molar-refractivity contribution < 1.29 is 32.9 Å². The molecule has 0 unspecified atom stereocenters. The van der Waals surface area contributed by atoms with Crippen LogP contribution in [0.4, 0.5) is 0 Å². The van der Waals surface area contributed by atoms with Crippen molar-refractivity contribution in [3.63, 3.8) is 0 Å². The Hall–Kier alpha value is -4.46. The molecule has 8 nitrogen and oxygen atoms in total. The van der Waals surface area contributed by atoms with Gasteiger partial charge in [-0.1, -0.05) is 12.1 Å². The van der Waals surface area contributed by atoms with Crippen molar-refractivity contribution in [1.29, 1.82) is 0 Å². The van der Waals surface area contributed by atoms with E-state index in [0.717, 1.165) is 0 Å². The normalized spacial score (nSPS) is 10.6. The lowest BCUT2D eigenvalue weighted by Gasteiger charge is -2.13. The predicted octanol–water partition coefficient (Wildman–Crippen LogP) is 4.71. The Bertz CT molecular complexity index is 1380. The Labute approximate surface area is 195 Å². The van der Waals surface area contributed by atoms with E-state index in [0.29, 0.717) is 39.5 Å². The van der Waals surface area contributed by atoms with Crippen LogP contribution < -0.4 is 29.1 Å². The standard InChI is InChI=1S/C26H22O8/c1-29-17-7-5-15(6-8-17)20-14-33-21-13-18(9-10-19(21)24(20)27)34-26(28)16-11-22(30-2)25(32-4)23(12-16)31-3/h5-14H,1-4H3. The van der Waals surface area contributed by atoms with Gasteiger partial charge in [0.05, 0.1) is 45.0 Å². The number of carbonyl (C=O) groups excluding carboxylic acids is 1. The molecule has 0 aliphatic rings. The summed E-state index contributed by atoms with van der Waals surface area (Å²) in [5.74, 6) is 1.27. The summed E-state index contributed by atoms with van der Waals surface area (Å²) in [5, 5.41) is 0.362. The van der Waals surface area contributed by atoms with Crippen LogP contribution in [0.1, 0.15) is 10.4 Å². The van der Waals surface area contributed by atoms with Crippen LogP contribution >= 0.6 is 0 Å². The molecule has 34 heavy (non-hydrogen) atoms. The maximum Gasteiger partial charge on any atom is 0.343 e. The van der Waals surface area contributed by atoms with E-state index in [-0.39, 0.29) is 22.3 Å². The lowest BCUT2D eigenvalue weighted by atomic mass is 10.1. The molecule has 0 saturated carbocycles. The van der Waals surface area contributed by atoms with Crippen molar-refractivity contribution in [2.45, 2.75) is 0 Å². The topological polar surface area (TPSA) is 93.4 Å². The second-order valence-electron chi connectivity index (χ2n) is 7.17. The number of benzene rings is 3. The van der Waals surface area contributed by atoms with E-state index < -0.39 is 5.97 Å². The van der Waals surface area contributed by atoms with E-state index in [4.69, 9.17) is 28.1 Å². The predicted molar refractivity (Wildman–Crippen MR) is 126 cm³/mol. The molecule has 3 aromatic carbocycles. The first kappa shape index (κ1) is 22.7. The molecule has 1 aromatic heterocycles. The molecule has 0 amide bonds. The summed E-state index contributed by atoms with van der Waals surface area (Å²) in [6.07, 6.45) is 1.39. The highest BCUT2D eigenvalue weighted by molar-refractivity contribution is 5.93. The first-order valence-corrected chi connectivity index (χ1v) is 10.2. The summed E-state index contributed by atoms with van der Waals surface area (Å²) in [5.41, 5.74) is 1.41. The minimum Gasteiger partial charge on any atom is -0.497 e. The van der Waals surface area contributed by atoms with Gasteiger partial charge in [-0.3, -0.25) is 4.79 Å². The third-order valence-corrected chi connectivity index (χ3v) is 5.26. The zero-order valence-electron chi connectivity index (χ0n) is 19.0. The lowest BCUT2D eigenvalue weighted by molar-refractivity contribution is 0.0734. The van der Waals surface area contributed by atoms with Gasteiger partial charge in [-0.25, -0.2) is 4.79 Å². The molecule has 0 aliphatic heterocycles. The highest BCUT2D eigenvalue weighted by atomic mass is 16.5. The van der Waals surface area contributed by atoms with Crippen LogP contribution in [0.2, 0.25) is 0 Å². The number of rotatable bonds is 7. The largest absolute Gasteiger partial charge is 0.497 e. The quantitative estimate of drug-likeness (QED) is 0.288. The highest BCUT2D eigenvalue weighted by Crippen LogP contribution is 2.38. The van der Waals surface area contributed by atoms with E-state index in [1.54, 1.807) is 37.4 Å². The van der Waals surface area contributed by atoms with Crippen LogP contribution in [0.15, 0.2) is 70.1 Å². The van der Waals surface area contributed by atoms with Gasteiger partial charge in [0.2, 0.25) is 5.75 Å². The first-order chi connectivity index (χ1) is 16.5. The maximum absolute atomic E-state index is 13.0. The van der Waals surface area contributed by atoms with Gasteiger partial charge in [0.1, 0.15) is 23.3 Å². The van der Waals surface area contributed by atoms with Gasteiger partial charge in [-0.15, -0.1) is 0 Å². The van der Waals surface area contributed by atoms with Crippen LogP contribution in [0.3, 0.4) is 0 Å². The molecule has 0 bridgehead atoms. The van der Waals surface area contributed by atoms with Gasteiger partial charge in [-0.2, -0.15) is 0 Å². The number of ether oxygens (including phenoxy) is 5. The molecule has 0 saturated heterocycles. The average molecular weight is 462 g/mol. The second kappa shape index (κ2) is 9.58. The Balaban J connectivity index is 1.63. The van der Waals surface area contributed by atoms with E-state index in [2.05, 4.69) is 0 Å². The molecule has 0 atom stereocenters. The van der Waals surface area contributed by atoms with E-state index >= 15 is 0 Å². The van der Waals surface area contributed by atoms with Crippen molar-refractivity contribution in [3.8, 4) is 39.9 Å². The fraction of sp³-hybridized carbons (Fsp3) is 0.154. The van der Waals surface area contributed by atoms with Crippen LogP contribution in [-0.4, -0.2) is 34.4 Å². The SMILES string of the molecule is COc1ccc(-c2coc3cc(OC(=O)c4cc(OC)c(OC)c(OC)c4)ccc3c2=O)cc1. The van der Waals surface area contributed by atoms with Crippen molar-refractivity contribution in [2.75, 3.05) is 28.4 Å². The van der Waals surface area contributed by atoms with Gasteiger partial charge in [-0.05, 0) is 42.0 Å². The molecule has 4 rings (SSSR count). The van der Waals surface area contributed by atoms with Crippen LogP contribution in [-0.2, 0) is 0 Å². The number of esters is 1. The highest BCUT2D eigenvalue weighted by Gasteiger charge is 2.19. The lowest BCUT2D eigenvalue weighted by Crippen LogP contribution is -2.10. The minimum atomic E-state index is -0.643. The van der Waals surface area contributed by atoms with Crippen molar-refractivity contribution in [3.05, 3.63) is 76.6 Å². The summed E-state index contributed by atoms with van der Waals surface area (Å²) in [4.78, 5) is 25.8. The fourth-order valence-electron chi connectivity index (χ4n) is 3.51. The zero-order valence-corrected chi connectivity index (χ0v) is 19.0. The van der Waals surface area contributed by atoms with Crippen molar-refractivity contribution >= 4 is 16.9 Å². The van der Waals surface area contributed by atoms with Gasteiger partial charge in [0.15, 0.2) is 16.9 Å². The van der Waals surface area contributed by atoms with Crippen LogP contribution in [0.5, 0.6) is 28.7 Å². The summed E-state index contributed by atoms with van der Waals surface area (Å²) in [6, 6.07) is 14.7. The number of methoxy groups -OCH3 is 4. The van der Waals surface area contributed by atoms with E-state index in [1.165, 1.54) is 51.9 Å². The first-order valence-electron chi connectivity index (χ1n) is 10.2. The molecule has 0 N–H and O–H groups in total. The molecule has 4 aromatic rings. The number of fused-ring (bicyclic) bond motifs is 1. The third-order valence-electron chi connectivity index (χ3n) is 5.26. The Kier molecular flexibility index (Phi) is 6.40. The Morgan fingerprint density at radius 1 is 0.765 bits per heavy atom. The summed E-state index contributed by atoms with van der Waals surface area (Å²) < 4.78 is 32.2. The van der Waals surface area contributed by atoms with Crippen LogP contribution in [0, 0.1) is 0 Å². The summed E-state index contributed by atoms with van der Waals surface area (Å²) >= 11 is 0. The molecule has 0 aliphatic carbocycles. The molecule has 174 valence electrons. The average Bonchev–Trinajstić information content (AvgIpc) is 2.88. The molecular formula is C26H22O8. The number of hydrogen-bond acceptors (Lipinski definition) is 8. The molecule has 0 spiro atoms. The van der Waals surface area contributed by atoms with Crippen molar-refractivity contribution in [1.82, 2.24) is 0 Å². The van der Waals surface area contributed by atoms with Gasteiger partial charge in [0, 0.05) is 6.07 Å². The summed E-state index contributed by atoms with van der Waals surface area (Å²) in [6.45, 7) is 0. The monoisotopic (exact) mass is 462 g/mol. The van der Waals surface area contributed by atoms with Gasteiger partial charge < -0.3 is 28.1 Å². The second-order valence-corrected chi connectivity index (χ2v) is 7.17. The van der Waals surface area contributed by atoms with E-state index in [9.17, 15) is 9.59 Å². The number of carbonyl (C=O) groups is 1. The van der Waals surface area contributed by atoms with Crippen molar-refractivity contribution in [2.24, 2.45) is 0 Å². The van der Waals surface area contributed by atoms with E-state index in [1.807, 2.05) is 0 Å². The van der Waals surface area contributed by atoms with Crippen LogP contribution in [0.25, 0.3) is 22.1 Å². The minimum absolute atomic E-state index is 0.200. The molecular weight excluding hydrogens is 440 g/mol. The third kappa shape index (κ3) is 4.25.